The van der Waals surface area contributed by atoms with E-state index >= 15 is 0 Å². The summed E-state index contributed by atoms with van der Waals surface area (Å²) in [6, 6.07) is 1.65. The number of ether oxygens (including phenoxy) is 1. The van der Waals surface area contributed by atoms with Gasteiger partial charge in [-0.05, 0) is 19.4 Å². The van der Waals surface area contributed by atoms with Gasteiger partial charge >= 0.3 is 5.97 Å². The Balaban J connectivity index is 2.66. The van der Waals surface area contributed by atoms with Crippen molar-refractivity contribution in [2.24, 2.45) is 0 Å². The fourth-order valence-corrected chi connectivity index (χ4v) is 1.77. The summed E-state index contributed by atoms with van der Waals surface area (Å²) < 4.78 is 6.47. The minimum Gasteiger partial charge on any atom is -0.462 e. The lowest BCUT2D eigenvalue weighted by Crippen LogP contribution is -2.06. The summed E-state index contributed by atoms with van der Waals surface area (Å²) in [6.07, 6.45) is 1.42. The largest absolute Gasteiger partial charge is 0.462 e. The highest BCUT2D eigenvalue weighted by atomic mass is 35.5. The van der Waals surface area contributed by atoms with Crippen molar-refractivity contribution in [2.45, 2.75) is 13.8 Å². The van der Waals surface area contributed by atoms with E-state index in [0.717, 1.165) is 5.57 Å². The summed E-state index contributed by atoms with van der Waals surface area (Å²) in [5, 5.41) is 4.40. The number of esters is 1. The Morgan fingerprint density at radius 2 is 2.33 bits per heavy atom. The Bertz CT molecular complexity index is 634. The standard InChI is InChI=1S/C12H12ClN3O2/c1-4-18-12(17)8-6-14-16-9(7(2)3)5-10(13)15-11(8)16/h5-6H,2,4H2,1,3H3. The van der Waals surface area contributed by atoms with Crippen LogP contribution in [0.3, 0.4) is 0 Å². The molecule has 0 aliphatic heterocycles. The molecule has 2 aromatic rings. The molecule has 6 heteroatoms. The van der Waals surface area contributed by atoms with Crippen LogP contribution in [0.1, 0.15) is 29.9 Å². The van der Waals surface area contributed by atoms with Crippen LogP contribution in [0.2, 0.25) is 5.15 Å². The number of halogens is 1. The molecule has 0 amide bonds. The minimum absolute atomic E-state index is 0.284. The summed E-state index contributed by atoms with van der Waals surface area (Å²) in [4.78, 5) is 15.8. The van der Waals surface area contributed by atoms with Gasteiger partial charge in [0.15, 0.2) is 5.65 Å². The summed E-state index contributed by atoms with van der Waals surface area (Å²) >= 11 is 5.93. The first-order valence-corrected chi connectivity index (χ1v) is 5.79. The molecule has 5 nitrogen and oxygen atoms in total. The van der Waals surface area contributed by atoms with Crippen LogP contribution < -0.4 is 0 Å². The lowest BCUT2D eigenvalue weighted by Gasteiger charge is -2.05. The van der Waals surface area contributed by atoms with Gasteiger partial charge in [0.25, 0.3) is 0 Å². The van der Waals surface area contributed by atoms with Crippen molar-refractivity contribution in [3.8, 4) is 0 Å². The number of aromatic nitrogens is 3. The van der Waals surface area contributed by atoms with E-state index in [1.807, 2.05) is 6.92 Å². The highest BCUT2D eigenvalue weighted by Gasteiger charge is 2.17. The van der Waals surface area contributed by atoms with E-state index in [1.165, 1.54) is 10.7 Å². The molecule has 0 spiro atoms. The summed E-state index contributed by atoms with van der Waals surface area (Å²) in [7, 11) is 0. The molecule has 0 aromatic carbocycles. The van der Waals surface area contributed by atoms with Crippen molar-refractivity contribution in [3.05, 3.63) is 35.3 Å². The molecule has 0 bridgehead atoms. The zero-order valence-electron chi connectivity index (χ0n) is 10.1. The van der Waals surface area contributed by atoms with Crippen LogP contribution in [0.4, 0.5) is 0 Å². The van der Waals surface area contributed by atoms with E-state index in [1.54, 1.807) is 13.0 Å². The second-order valence-corrected chi connectivity index (χ2v) is 4.15. The Morgan fingerprint density at radius 3 is 2.94 bits per heavy atom. The molecule has 2 heterocycles. The van der Waals surface area contributed by atoms with E-state index in [4.69, 9.17) is 16.3 Å². The average molecular weight is 266 g/mol. The van der Waals surface area contributed by atoms with Gasteiger partial charge in [0.1, 0.15) is 10.7 Å². The SMILES string of the molecule is C=C(C)c1cc(Cl)nc2c(C(=O)OCC)cnn12. The van der Waals surface area contributed by atoms with E-state index in [9.17, 15) is 4.79 Å². The van der Waals surface area contributed by atoms with Crippen LogP contribution >= 0.6 is 11.6 Å². The predicted molar refractivity (Wildman–Crippen MR) is 68.7 cm³/mol. The van der Waals surface area contributed by atoms with Crippen molar-refractivity contribution in [1.29, 1.82) is 0 Å². The number of hydrogen-bond acceptors (Lipinski definition) is 4. The van der Waals surface area contributed by atoms with Gasteiger partial charge in [0.2, 0.25) is 0 Å². The van der Waals surface area contributed by atoms with Crippen LogP contribution in [0, 0.1) is 0 Å². The Hall–Kier alpha value is -1.88. The van der Waals surface area contributed by atoms with Gasteiger partial charge in [-0.1, -0.05) is 18.2 Å². The topological polar surface area (TPSA) is 56.5 Å². The highest BCUT2D eigenvalue weighted by molar-refractivity contribution is 6.29. The molecule has 0 N–H and O–H groups in total. The lowest BCUT2D eigenvalue weighted by atomic mass is 10.2. The van der Waals surface area contributed by atoms with Gasteiger partial charge in [-0.15, -0.1) is 0 Å². The molecular weight excluding hydrogens is 254 g/mol. The normalized spacial score (nSPS) is 10.6. The highest BCUT2D eigenvalue weighted by Crippen LogP contribution is 2.20. The van der Waals surface area contributed by atoms with Crippen molar-refractivity contribution >= 4 is 28.8 Å². The van der Waals surface area contributed by atoms with Gasteiger partial charge in [0, 0.05) is 6.07 Å². The third kappa shape index (κ3) is 2.09. The third-order valence-corrected chi connectivity index (χ3v) is 2.57. The fourth-order valence-electron chi connectivity index (χ4n) is 1.59. The van der Waals surface area contributed by atoms with E-state index in [-0.39, 0.29) is 5.15 Å². The van der Waals surface area contributed by atoms with E-state index in [2.05, 4.69) is 16.7 Å². The van der Waals surface area contributed by atoms with Crippen molar-refractivity contribution < 1.29 is 9.53 Å². The van der Waals surface area contributed by atoms with Gasteiger partial charge in [-0.2, -0.15) is 5.10 Å². The van der Waals surface area contributed by atoms with Crippen LogP contribution in [0.15, 0.2) is 18.8 Å². The zero-order chi connectivity index (χ0) is 13.3. The minimum atomic E-state index is -0.463. The van der Waals surface area contributed by atoms with Crippen LogP contribution in [0.25, 0.3) is 11.2 Å². The van der Waals surface area contributed by atoms with Gasteiger partial charge < -0.3 is 4.74 Å². The third-order valence-electron chi connectivity index (χ3n) is 2.37. The Labute approximate surface area is 109 Å². The molecule has 94 valence electrons. The van der Waals surface area contributed by atoms with Crippen molar-refractivity contribution in [1.82, 2.24) is 14.6 Å². The second-order valence-electron chi connectivity index (χ2n) is 3.76. The number of carbonyl (C=O) groups is 1. The summed E-state index contributed by atoms with van der Waals surface area (Å²) in [6.45, 7) is 7.71. The molecule has 0 atom stereocenters. The quantitative estimate of drug-likeness (QED) is 0.632. The maximum atomic E-state index is 11.7. The molecule has 0 unspecified atom stereocenters. The van der Waals surface area contributed by atoms with Crippen LogP contribution in [-0.4, -0.2) is 27.2 Å². The van der Waals surface area contributed by atoms with E-state index < -0.39 is 5.97 Å². The molecule has 2 rings (SSSR count). The molecule has 0 radical (unpaired) electrons. The summed E-state index contributed by atoms with van der Waals surface area (Å²) in [5.74, 6) is -0.463. The molecule has 0 saturated carbocycles. The van der Waals surface area contributed by atoms with Crippen molar-refractivity contribution in [3.63, 3.8) is 0 Å². The molecule has 0 fully saturated rings. The number of rotatable bonds is 3. The molecule has 18 heavy (non-hydrogen) atoms. The molecule has 0 saturated heterocycles. The van der Waals surface area contributed by atoms with Crippen molar-refractivity contribution in [2.75, 3.05) is 6.61 Å². The monoisotopic (exact) mass is 265 g/mol. The average Bonchev–Trinajstić information content (AvgIpc) is 2.71. The first-order valence-electron chi connectivity index (χ1n) is 5.42. The first-order chi connectivity index (χ1) is 8.54. The van der Waals surface area contributed by atoms with E-state index in [0.29, 0.717) is 23.5 Å². The zero-order valence-corrected chi connectivity index (χ0v) is 10.9. The van der Waals surface area contributed by atoms with Crippen LogP contribution in [-0.2, 0) is 4.74 Å². The first kappa shape index (κ1) is 12.6. The number of fused-ring (bicyclic) bond motifs is 1. The Morgan fingerprint density at radius 1 is 1.61 bits per heavy atom. The number of allylic oxidation sites excluding steroid dienone is 1. The number of hydrogen-bond donors (Lipinski definition) is 0. The van der Waals surface area contributed by atoms with Gasteiger partial charge in [-0.25, -0.2) is 14.3 Å². The molecule has 2 aromatic heterocycles. The molecular formula is C12H12ClN3O2. The molecule has 0 aliphatic rings. The second kappa shape index (κ2) is 4.78. The maximum absolute atomic E-state index is 11.7. The fraction of sp³-hybridized carbons (Fsp3) is 0.250. The smallest absolute Gasteiger partial charge is 0.343 e. The summed E-state index contributed by atoms with van der Waals surface area (Å²) in [5.41, 5.74) is 2.16. The number of carbonyl (C=O) groups excluding carboxylic acids is 1. The Kier molecular flexibility index (Phi) is 3.34. The lowest BCUT2D eigenvalue weighted by molar-refractivity contribution is 0.0528. The number of nitrogens with zero attached hydrogens (tertiary/aromatic N) is 3. The van der Waals surface area contributed by atoms with Gasteiger partial charge in [-0.3, -0.25) is 0 Å². The maximum Gasteiger partial charge on any atom is 0.343 e. The van der Waals surface area contributed by atoms with Crippen LogP contribution in [0.5, 0.6) is 0 Å². The predicted octanol–water partition coefficient (Wildman–Crippen LogP) is 2.59. The molecule has 0 aliphatic carbocycles. The van der Waals surface area contributed by atoms with Gasteiger partial charge in [0.05, 0.1) is 18.5 Å².